The van der Waals surface area contributed by atoms with E-state index in [-0.39, 0.29) is 5.91 Å². The molecule has 0 fully saturated rings. The predicted molar refractivity (Wildman–Crippen MR) is 123 cm³/mol. The molecule has 4 aromatic rings. The highest BCUT2D eigenvalue weighted by atomic mass is 16.5. The fourth-order valence-electron chi connectivity index (χ4n) is 2.97. The van der Waals surface area contributed by atoms with Crippen LogP contribution in [-0.4, -0.2) is 15.9 Å². The van der Waals surface area contributed by atoms with Crippen molar-refractivity contribution in [3.63, 3.8) is 0 Å². The third-order valence-corrected chi connectivity index (χ3v) is 4.43. The molecule has 6 nitrogen and oxygen atoms in total. The lowest BCUT2D eigenvalue weighted by molar-refractivity contribution is -0.111. The van der Waals surface area contributed by atoms with Crippen LogP contribution in [0.2, 0.25) is 0 Å². The SMILES string of the molecule is C=CC(=O)Nc1cccc(-c2cncnc2Nc2ccc(Oc3ccccc3)cc2)c1. The van der Waals surface area contributed by atoms with E-state index in [9.17, 15) is 4.79 Å². The number of benzene rings is 3. The molecule has 0 aliphatic rings. The quantitative estimate of drug-likeness (QED) is 0.378. The van der Waals surface area contributed by atoms with Crippen LogP contribution in [0.3, 0.4) is 0 Å². The Bertz CT molecular complexity index is 1190. The molecule has 4 rings (SSSR count). The number of hydrogen-bond donors (Lipinski definition) is 2. The lowest BCUT2D eigenvalue weighted by Crippen LogP contribution is -2.07. The molecule has 0 aliphatic heterocycles. The molecule has 31 heavy (non-hydrogen) atoms. The largest absolute Gasteiger partial charge is 0.457 e. The van der Waals surface area contributed by atoms with Gasteiger partial charge in [0.1, 0.15) is 23.6 Å². The minimum atomic E-state index is -0.266. The van der Waals surface area contributed by atoms with Crippen LogP contribution in [0.4, 0.5) is 17.2 Å². The topological polar surface area (TPSA) is 76.1 Å². The fourth-order valence-corrected chi connectivity index (χ4v) is 2.97. The first-order valence-corrected chi connectivity index (χ1v) is 9.65. The summed E-state index contributed by atoms with van der Waals surface area (Å²) in [5, 5.41) is 6.09. The number of amides is 1. The highest BCUT2D eigenvalue weighted by Gasteiger charge is 2.09. The Morgan fingerprint density at radius 3 is 2.45 bits per heavy atom. The van der Waals surface area contributed by atoms with E-state index in [0.29, 0.717) is 11.5 Å². The van der Waals surface area contributed by atoms with E-state index in [1.54, 1.807) is 6.20 Å². The molecule has 1 amide bonds. The van der Waals surface area contributed by atoms with Crippen LogP contribution in [0, 0.1) is 0 Å². The molecule has 0 spiro atoms. The highest BCUT2D eigenvalue weighted by Crippen LogP contribution is 2.30. The summed E-state index contributed by atoms with van der Waals surface area (Å²) in [7, 11) is 0. The second-order valence-corrected chi connectivity index (χ2v) is 6.62. The molecule has 0 saturated carbocycles. The van der Waals surface area contributed by atoms with Crippen molar-refractivity contribution < 1.29 is 9.53 Å². The smallest absolute Gasteiger partial charge is 0.247 e. The highest BCUT2D eigenvalue weighted by molar-refractivity contribution is 5.99. The third kappa shape index (κ3) is 5.13. The molecule has 0 bridgehead atoms. The molecule has 0 unspecified atom stereocenters. The Labute approximate surface area is 180 Å². The van der Waals surface area contributed by atoms with Gasteiger partial charge in [-0.05, 0) is 60.2 Å². The second kappa shape index (κ2) is 9.37. The normalized spacial score (nSPS) is 10.2. The average Bonchev–Trinajstić information content (AvgIpc) is 2.81. The van der Waals surface area contributed by atoms with Crippen molar-refractivity contribution in [2.24, 2.45) is 0 Å². The molecule has 3 aromatic carbocycles. The van der Waals surface area contributed by atoms with Gasteiger partial charge in [0.2, 0.25) is 5.91 Å². The minimum absolute atomic E-state index is 0.266. The second-order valence-electron chi connectivity index (χ2n) is 6.62. The molecule has 6 heteroatoms. The molecule has 0 aliphatic carbocycles. The first kappa shape index (κ1) is 19.8. The zero-order valence-corrected chi connectivity index (χ0v) is 16.7. The molecular weight excluding hydrogens is 388 g/mol. The van der Waals surface area contributed by atoms with E-state index in [1.807, 2.05) is 78.9 Å². The van der Waals surface area contributed by atoms with Crippen molar-refractivity contribution in [1.82, 2.24) is 9.97 Å². The lowest BCUT2D eigenvalue weighted by Gasteiger charge is -2.12. The van der Waals surface area contributed by atoms with Crippen LogP contribution in [0.5, 0.6) is 11.5 Å². The number of nitrogens with zero attached hydrogens (tertiary/aromatic N) is 2. The number of carbonyl (C=O) groups is 1. The van der Waals surface area contributed by atoms with Gasteiger partial charge in [0.05, 0.1) is 0 Å². The summed E-state index contributed by atoms with van der Waals surface area (Å²) in [5.74, 6) is 1.91. The van der Waals surface area contributed by atoms with Gasteiger partial charge < -0.3 is 15.4 Å². The number of nitrogens with one attached hydrogen (secondary N) is 2. The first-order valence-electron chi connectivity index (χ1n) is 9.65. The molecule has 152 valence electrons. The summed E-state index contributed by atoms with van der Waals surface area (Å²) in [6.45, 7) is 3.48. The van der Waals surface area contributed by atoms with E-state index >= 15 is 0 Å². The number of anilines is 3. The Hall–Kier alpha value is -4.45. The summed E-state index contributed by atoms with van der Waals surface area (Å²) in [6.07, 6.45) is 4.45. The molecular formula is C25H20N4O2. The number of carbonyl (C=O) groups excluding carboxylic acids is 1. The van der Waals surface area contributed by atoms with Gasteiger partial charge in [0, 0.05) is 23.1 Å². The van der Waals surface area contributed by atoms with Gasteiger partial charge in [-0.3, -0.25) is 4.79 Å². The molecule has 0 atom stereocenters. The summed E-state index contributed by atoms with van der Waals surface area (Å²) in [5.41, 5.74) is 3.20. The Balaban J connectivity index is 1.53. The van der Waals surface area contributed by atoms with Gasteiger partial charge in [-0.2, -0.15) is 0 Å². The van der Waals surface area contributed by atoms with E-state index in [2.05, 4.69) is 27.2 Å². The summed E-state index contributed by atoms with van der Waals surface area (Å²) < 4.78 is 5.84. The average molecular weight is 408 g/mol. The van der Waals surface area contributed by atoms with Crippen molar-refractivity contribution in [3.05, 3.63) is 104 Å². The Morgan fingerprint density at radius 1 is 0.903 bits per heavy atom. The molecule has 1 heterocycles. The van der Waals surface area contributed by atoms with Gasteiger partial charge in [0.15, 0.2) is 0 Å². The maximum atomic E-state index is 11.6. The summed E-state index contributed by atoms with van der Waals surface area (Å²) in [4.78, 5) is 20.2. The van der Waals surface area contributed by atoms with E-state index < -0.39 is 0 Å². The number of para-hydroxylation sites is 1. The standard InChI is InChI=1S/C25H20N4O2/c1-2-24(30)28-20-8-6-7-18(15-20)23-16-26-17-27-25(23)29-19-11-13-22(14-12-19)31-21-9-4-3-5-10-21/h2-17H,1H2,(H,28,30)(H,26,27,29). The van der Waals surface area contributed by atoms with Crippen molar-refractivity contribution in [3.8, 4) is 22.6 Å². The molecule has 0 radical (unpaired) electrons. The van der Waals surface area contributed by atoms with Crippen LogP contribution in [0.25, 0.3) is 11.1 Å². The Morgan fingerprint density at radius 2 is 1.68 bits per heavy atom. The van der Waals surface area contributed by atoms with E-state index in [0.717, 1.165) is 28.3 Å². The zero-order chi connectivity index (χ0) is 21.5. The van der Waals surface area contributed by atoms with E-state index in [1.165, 1.54) is 12.4 Å². The maximum absolute atomic E-state index is 11.6. The predicted octanol–water partition coefficient (Wildman–Crippen LogP) is 5.80. The van der Waals surface area contributed by atoms with Gasteiger partial charge in [-0.1, -0.05) is 36.9 Å². The van der Waals surface area contributed by atoms with Crippen LogP contribution in [0.15, 0.2) is 104 Å². The molecule has 1 aromatic heterocycles. The monoisotopic (exact) mass is 408 g/mol. The van der Waals surface area contributed by atoms with Crippen molar-refractivity contribution in [1.29, 1.82) is 0 Å². The van der Waals surface area contributed by atoms with Crippen molar-refractivity contribution >= 4 is 23.1 Å². The Kier molecular flexibility index (Phi) is 6.00. The van der Waals surface area contributed by atoms with Crippen LogP contribution < -0.4 is 15.4 Å². The fraction of sp³-hybridized carbons (Fsp3) is 0. The van der Waals surface area contributed by atoms with Gasteiger partial charge in [0.25, 0.3) is 0 Å². The number of ether oxygens (including phenoxy) is 1. The lowest BCUT2D eigenvalue weighted by atomic mass is 10.1. The molecule has 2 N–H and O–H groups in total. The summed E-state index contributed by atoms with van der Waals surface area (Å²) in [6, 6.07) is 24.7. The van der Waals surface area contributed by atoms with Gasteiger partial charge in [-0.25, -0.2) is 9.97 Å². The van der Waals surface area contributed by atoms with Gasteiger partial charge >= 0.3 is 0 Å². The number of rotatable bonds is 7. The van der Waals surface area contributed by atoms with Crippen molar-refractivity contribution in [2.45, 2.75) is 0 Å². The number of aromatic nitrogens is 2. The molecule has 0 saturated heterocycles. The summed E-state index contributed by atoms with van der Waals surface area (Å²) >= 11 is 0. The van der Waals surface area contributed by atoms with Crippen LogP contribution in [-0.2, 0) is 4.79 Å². The van der Waals surface area contributed by atoms with Crippen LogP contribution in [0.1, 0.15) is 0 Å². The number of hydrogen-bond acceptors (Lipinski definition) is 5. The van der Waals surface area contributed by atoms with Crippen molar-refractivity contribution in [2.75, 3.05) is 10.6 Å². The third-order valence-electron chi connectivity index (χ3n) is 4.43. The van der Waals surface area contributed by atoms with E-state index in [4.69, 9.17) is 4.74 Å². The minimum Gasteiger partial charge on any atom is -0.457 e. The van der Waals surface area contributed by atoms with Crippen LogP contribution >= 0.6 is 0 Å². The maximum Gasteiger partial charge on any atom is 0.247 e. The zero-order valence-electron chi connectivity index (χ0n) is 16.7. The first-order chi connectivity index (χ1) is 15.2. The van der Waals surface area contributed by atoms with Gasteiger partial charge in [-0.15, -0.1) is 0 Å².